The number of pyridine rings is 1. The van der Waals surface area contributed by atoms with Crippen LogP contribution in [0.25, 0.3) is 16.9 Å². The van der Waals surface area contributed by atoms with E-state index in [4.69, 9.17) is 0 Å². The molecule has 0 spiro atoms. The minimum atomic E-state index is 0.517. The highest BCUT2D eigenvalue weighted by Crippen LogP contribution is 2.18. The Morgan fingerprint density at radius 2 is 2.31 bits per heavy atom. The summed E-state index contributed by atoms with van der Waals surface area (Å²) >= 11 is 0. The fourth-order valence-corrected chi connectivity index (χ4v) is 1.71. The van der Waals surface area contributed by atoms with Gasteiger partial charge in [-0.2, -0.15) is 5.10 Å². The summed E-state index contributed by atoms with van der Waals surface area (Å²) in [4.78, 5) is 15.1. The Morgan fingerprint density at radius 1 is 1.38 bits per heavy atom. The molecule has 0 amide bonds. The molecule has 5 nitrogen and oxygen atoms in total. The van der Waals surface area contributed by atoms with Gasteiger partial charge in [0.2, 0.25) is 0 Å². The summed E-state index contributed by atoms with van der Waals surface area (Å²) in [5.74, 6) is 0.573. The van der Waals surface area contributed by atoms with Gasteiger partial charge in [-0.25, -0.2) is 4.98 Å². The van der Waals surface area contributed by atoms with Crippen LogP contribution in [0.15, 0.2) is 36.8 Å². The van der Waals surface area contributed by atoms with Crippen molar-refractivity contribution < 1.29 is 4.79 Å². The van der Waals surface area contributed by atoms with E-state index in [-0.39, 0.29) is 0 Å². The second-order valence-electron chi connectivity index (χ2n) is 3.38. The van der Waals surface area contributed by atoms with Crippen LogP contribution in [0.3, 0.4) is 0 Å². The number of H-pyrrole nitrogens is 1. The van der Waals surface area contributed by atoms with Gasteiger partial charge in [-0.3, -0.25) is 14.5 Å². The topological polar surface area (TPSA) is 63.6 Å². The van der Waals surface area contributed by atoms with E-state index in [9.17, 15) is 4.79 Å². The molecule has 5 heteroatoms. The van der Waals surface area contributed by atoms with Crippen molar-refractivity contribution in [3.05, 3.63) is 42.4 Å². The van der Waals surface area contributed by atoms with Crippen LogP contribution in [0.1, 0.15) is 10.4 Å². The highest BCUT2D eigenvalue weighted by atomic mass is 16.1. The van der Waals surface area contributed by atoms with Crippen LogP contribution < -0.4 is 0 Å². The van der Waals surface area contributed by atoms with Crippen LogP contribution in [0.4, 0.5) is 0 Å². The van der Waals surface area contributed by atoms with Gasteiger partial charge in [0.05, 0.1) is 5.56 Å². The molecule has 0 saturated heterocycles. The Labute approximate surface area is 90.7 Å². The lowest BCUT2D eigenvalue weighted by molar-refractivity contribution is 0.112. The number of aromatic amines is 1. The van der Waals surface area contributed by atoms with Gasteiger partial charge in [0, 0.05) is 24.0 Å². The molecule has 0 fully saturated rings. The van der Waals surface area contributed by atoms with E-state index in [1.54, 1.807) is 17.0 Å². The molecule has 0 aliphatic rings. The van der Waals surface area contributed by atoms with Crippen molar-refractivity contribution in [3.63, 3.8) is 0 Å². The summed E-state index contributed by atoms with van der Waals surface area (Å²) in [6.45, 7) is 0. The second-order valence-corrected chi connectivity index (χ2v) is 3.38. The summed E-state index contributed by atoms with van der Waals surface area (Å²) < 4.78 is 1.79. The van der Waals surface area contributed by atoms with E-state index in [0.717, 1.165) is 17.3 Å². The van der Waals surface area contributed by atoms with Crippen molar-refractivity contribution in [1.82, 2.24) is 19.7 Å². The Kier molecular flexibility index (Phi) is 1.83. The normalized spacial score (nSPS) is 10.8. The molecule has 0 atom stereocenters. The largest absolute Gasteiger partial charge is 0.298 e. The van der Waals surface area contributed by atoms with Crippen LogP contribution in [-0.4, -0.2) is 26.0 Å². The fourth-order valence-electron chi connectivity index (χ4n) is 1.71. The van der Waals surface area contributed by atoms with Crippen molar-refractivity contribution >= 4 is 17.3 Å². The molecule has 3 aromatic heterocycles. The summed E-state index contributed by atoms with van der Waals surface area (Å²) in [6, 6.07) is 5.77. The number of nitrogens with one attached hydrogen (secondary N) is 1. The molecule has 3 rings (SSSR count). The van der Waals surface area contributed by atoms with Crippen molar-refractivity contribution in [1.29, 1.82) is 0 Å². The third kappa shape index (κ3) is 1.15. The first-order valence-corrected chi connectivity index (χ1v) is 4.81. The number of carbonyl (C=O) groups is 1. The molecule has 0 aliphatic carbocycles. The Balaban J connectivity index is 2.30. The average molecular weight is 212 g/mol. The molecule has 0 radical (unpaired) electrons. The van der Waals surface area contributed by atoms with Gasteiger partial charge in [0.15, 0.2) is 12.1 Å². The molecule has 16 heavy (non-hydrogen) atoms. The highest BCUT2D eigenvalue weighted by Gasteiger charge is 2.10. The van der Waals surface area contributed by atoms with Gasteiger partial charge in [0.25, 0.3) is 0 Å². The first-order valence-electron chi connectivity index (χ1n) is 4.81. The number of fused-ring (bicyclic) bond motifs is 1. The number of hydrogen-bond acceptors (Lipinski definition) is 3. The molecule has 78 valence electrons. The highest BCUT2D eigenvalue weighted by molar-refractivity contribution is 5.83. The van der Waals surface area contributed by atoms with Crippen molar-refractivity contribution in [2.45, 2.75) is 0 Å². The number of aldehydes is 1. The summed E-state index contributed by atoms with van der Waals surface area (Å²) in [7, 11) is 0. The van der Waals surface area contributed by atoms with Gasteiger partial charge < -0.3 is 0 Å². The van der Waals surface area contributed by atoms with E-state index in [2.05, 4.69) is 15.2 Å². The summed E-state index contributed by atoms with van der Waals surface area (Å²) in [5.41, 5.74) is 1.31. The maximum absolute atomic E-state index is 10.8. The number of hydrogen-bond donors (Lipinski definition) is 1. The van der Waals surface area contributed by atoms with Crippen LogP contribution in [-0.2, 0) is 0 Å². The lowest BCUT2D eigenvalue weighted by Gasteiger charge is -2.00. The second kappa shape index (κ2) is 3.30. The maximum atomic E-state index is 10.8. The molecule has 0 saturated carbocycles. The van der Waals surface area contributed by atoms with Crippen molar-refractivity contribution in [2.75, 3.05) is 0 Å². The third-order valence-electron chi connectivity index (χ3n) is 2.45. The number of carbonyl (C=O) groups excluding carboxylic acids is 1. The van der Waals surface area contributed by atoms with E-state index in [0.29, 0.717) is 11.4 Å². The molecular formula is C11H8N4O. The van der Waals surface area contributed by atoms with Gasteiger partial charge in [-0.15, -0.1) is 0 Å². The minimum Gasteiger partial charge on any atom is -0.298 e. The zero-order valence-electron chi connectivity index (χ0n) is 8.29. The molecule has 3 heterocycles. The lowest BCUT2D eigenvalue weighted by Crippen LogP contribution is -1.97. The third-order valence-corrected chi connectivity index (χ3v) is 2.45. The van der Waals surface area contributed by atoms with Crippen LogP contribution in [0.5, 0.6) is 0 Å². The Hall–Kier alpha value is -2.43. The molecule has 1 N–H and O–H groups in total. The van der Waals surface area contributed by atoms with Gasteiger partial charge >= 0.3 is 0 Å². The number of aromatic nitrogens is 4. The first kappa shape index (κ1) is 8.84. The van der Waals surface area contributed by atoms with E-state index in [1.165, 1.54) is 0 Å². The van der Waals surface area contributed by atoms with Crippen LogP contribution >= 0.6 is 0 Å². The van der Waals surface area contributed by atoms with Gasteiger partial charge in [-0.1, -0.05) is 0 Å². The van der Waals surface area contributed by atoms with Crippen LogP contribution in [0.2, 0.25) is 0 Å². The molecule has 0 aromatic carbocycles. The van der Waals surface area contributed by atoms with E-state index < -0.39 is 0 Å². The number of nitrogens with zero attached hydrogens (tertiary/aromatic N) is 3. The predicted molar refractivity (Wildman–Crippen MR) is 58.6 cm³/mol. The van der Waals surface area contributed by atoms with Crippen molar-refractivity contribution in [2.24, 2.45) is 0 Å². The quantitative estimate of drug-likeness (QED) is 0.655. The molecule has 0 aliphatic heterocycles. The average Bonchev–Trinajstić information content (AvgIpc) is 2.94. The molecular weight excluding hydrogens is 204 g/mol. The van der Waals surface area contributed by atoms with Gasteiger partial charge in [-0.05, 0) is 18.2 Å². The monoisotopic (exact) mass is 212 g/mol. The SMILES string of the molecule is O=Cc1c[nH]nc1-n1ccc2cccnc21. The summed E-state index contributed by atoms with van der Waals surface area (Å²) in [6.07, 6.45) is 5.90. The fraction of sp³-hybridized carbons (Fsp3) is 0. The first-order chi connectivity index (χ1) is 7.90. The molecule has 3 aromatic rings. The standard InChI is InChI=1S/C11H8N4O/c16-7-9-6-13-14-11(9)15-5-3-8-2-1-4-12-10(8)15/h1-7H,(H,13,14). The zero-order valence-corrected chi connectivity index (χ0v) is 8.29. The van der Waals surface area contributed by atoms with Crippen LogP contribution in [0, 0.1) is 0 Å². The predicted octanol–water partition coefficient (Wildman–Crippen LogP) is 1.56. The lowest BCUT2D eigenvalue weighted by atomic mass is 10.3. The smallest absolute Gasteiger partial charge is 0.170 e. The summed E-state index contributed by atoms with van der Waals surface area (Å²) in [5, 5.41) is 7.73. The van der Waals surface area contributed by atoms with E-state index >= 15 is 0 Å². The maximum Gasteiger partial charge on any atom is 0.170 e. The van der Waals surface area contributed by atoms with E-state index in [1.807, 2.05) is 24.4 Å². The number of rotatable bonds is 2. The Bertz CT molecular complexity index is 653. The van der Waals surface area contributed by atoms with Crippen molar-refractivity contribution in [3.8, 4) is 5.82 Å². The molecule has 0 unspecified atom stereocenters. The Morgan fingerprint density at radius 3 is 3.19 bits per heavy atom. The molecule has 0 bridgehead atoms. The minimum absolute atomic E-state index is 0.517. The van der Waals surface area contributed by atoms with Gasteiger partial charge in [0.1, 0.15) is 5.65 Å². The zero-order chi connectivity index (χ0) is 11.0.